The van der Waals surface area contributed by atoms with Crippen molar-refractivity contribution in [2.45, 2.75) is 56.5 Å². The highest BCUT2D eigenvalue weighted by molar-refractivity contribution is 6.42. The summed E-state index contributed by atoms with van der Waals surface area (Å²) in [5.74, 6) is 2.88. The summed E-state index contributed by atoms with van der Waals surface area (Å²) in [7, 11) is 0. The number of fused-ring (bicyclic) bond motifs is 1. The highest BCUT2D eigenvalue weighted by Gasteiger charge is 2.36. The van der Waals surface area contributed by atoms with Gasteiger partial charge in [0.05, 0.1) is 10.0 Å². The van der Waals surface area contributed by atoms with Crippen molar-refractivity contribution in [1.82, 2.24) is 19.7 Å². The Morgan fingerprint density at radius 2 is 1.77 bits per heavy atom. The van der Waals surface area contributed by atoms with E-state index < -0.39 is 0 Å². The highest BCUT2D eigenvalue weighted by atomic mass is 35.5. The Hall–Kier alpha value is -1.30. The molecule has 5 nitrogen and oxygen atoms in total. The van der Waals surface area contributed by atoms with E-state index in [2.05, 4.69) is 19.7 Å². The second-order valence-corrected chi connectivity index (χ2v) is 8.61. The smallest absolute Gasteiger partial charge is 0.136 e. The van der Waals surface area contributed by atoms with E-state index in [4.69, 9.17) is 23.2 Å². The van der Waals surface area contributed by atoms with Crippen LogP contribution < -0.4 is 0 Å². The topological polar surface area (TPSA) is 54.2 Å². The van der Waals surface area contributed by atoms with Gasteiger partial charge >= 0.3 is 0 Å². The van der Waals surface area contributed by atoms with Gasteiger partial charge in [0.25, 0.3) is 0 Å². The van der Waals surface area contributed by atoms with Gasteiger partial charge in [-0.3, -0.25) is 0 Å². The van der Waals surface area contributed by atoms with Gasteiger partial charge in [0.1, 0.15) is 17.4 Å². The molecule has 1 unspecified atom stereocenters. The molecule has 1 atom stereocenters. The van der Waals surface area contributed by atoms with Crippen LogP contribution in [0.2, 0.25) is 10.0 Å². The maximum absolute atomic E-state index is 10.3. The van der Waals surface area contributed by atoms with Crippen molar-refractivity contribution in [3.63, 3.8) is 0 Å². The van der Waals surface area contributed by atoms with Crippen molar-refractivity contribution in [2.24, 2.45) is 0 Å². The maximum Gasteiger partial charge on any atom is 0.136 e. The first-order valence-electron chi connectivity index (χ1n) is 9.44. The van der Waals surface area contributed by atoms with Gasteiger partial charge in [0, 0.05) is 36.4 Å². The minimum atomic E-state index is 0.0944. The van der Waals surface area contributed by atoms with E-state index in [1.54, 1.807) is 12.1 Å². The van der Waals surface area contributed by atoms with Crippen LogP contribution in [-0.2, 0) is 13.0 Å². The number of likely N-dealkylation sites (tertiary alicyclic amines) is 1. The van der Waals surface area contributed by atoms with Crippen LogP contribution >= 0.6 is 23.2 Å². The predicted molar refractivity (Wildman–Crippen MR) is 101 cm³/mol. The van der Waals surface area contributed by atoms with Crippen LogP contribution in [0.1, 0.15) is 54.7 Å². The number of aromatic hydroxyl groups is 1. The largest absolute Gasteiger partial charge is 0.508 e. The summed E-state index contributed by atoms with van der Waals surface area (Å²) in [6.45, 7) is 3.10. The second-order valence-electron chi connectivity index (χ2n) is 7.82. The number of aromatic nitrogens is 3. The zero-order valence-corrected chi connectivity index (χ0v) is 16.0. The lowest BCUT2D eigenvalue weighted by Crippen LogP contribution is -2.35. The molecule has 0 bridgehead atoms. The number of hydrogen-bond donors (Lipinski definition) is 1. The van der Waals surface area contributed by atoms with E-state index in [1.165, 1.54) is 25.9 Å². The first kappa shape index (κ1) is 16.8. The molecule has 2 fully saturated rings. The van der Waals surface area contributed by atoms with Crippen molar-refractivity contribution >= 4 is 23.2 Å². The van der Waals surface area contributed by atoms with Crippen molar-refractivity contribution in [2.75, 3.05) is 13.1 Å². The lowest BCUT2D eigenvalue weighted by molar-refractivity contribution is 0.199. The molecular weight excluding hydrogens is 371 g/mol. The molecule has 2 aliphatic heterocycles. The van der Waals surface area contributed by atoms with Gasteiger partial charge in [-0.05, 0) is 50.9 Å². The summed E-state index contributed by atoms with van der Waals surface area (Å²) >= 11 is 12.6. The first-order chi connectivity index (χ1) is 12.6. The number of nitrogens with zero attached hydrogens (tertiary/aromatic N) is 4. The Bertz CT molecular complexity index is 840. The quantitative estimate of drug-likeness (QED) is 0.858. The van der Waals surface area contributed by atoms with Gasteiger partial charge < -0.3 is 14.6 Å². The molecule has 2 aromatic rings. The molecule has 1 saturated carbocycles. The minimum Gasteiger partial charge on any atom is -0.508 e. The molecule has 138 valence electrons. The van der Waals surface area contributed by atoms with Crippen LogP contribution in [0.3, 0.4) is 0 Å². The molecule has 5 rings (SSSR count). The van der Waals surface area contributed by atoms with Gasteiger partial charge in [-0.1, -0.05) is 23.2 Å². The van der Waals surface area contributed by atoms with Crippen LogP contribution in [0.5, 0.6) is 5.75 Å². The Morgan fingerprint density at radius 1 is 1.00 bits per heavy atom. The van der Waals surface area contributed by atoms with Gasteiger partial charge in [0.15, 0.2) is 0 Å². The number of hydrogen-bond acceptors (Lipinski definition) is 4. The lowest BCUT2D eigenvalue weighted by Gasteiger charge is -2.31. The third-order valence-corrected chi connectivity index (χ3v) is 6.98. The summed E-state index contributed by atoms with van der Waals surface area (Å²) in [5.41, 5.74) is 0.735. The SMILES string of the molecule is Oc1ccc(Cl)c(Cl)c1C1Cc2nnc(C3CCN(C4CC4)CC3)n2C1. The maximum atomic E-state index is 10.3. The van der Waals surface area contributed by atoms with Crippen molar-refractivity contribution < 1.29 is 5.11 Å². The molecule has 1 aliphatic carbocycles. The summed E-state index contributed by atoms with van der Waals surface area (Å²) < 4.78 is 2.25. The van der Waals surface area contributed by atoms with E-state index in [1.807, 2.05) is 0 Å². The molecule has 1 aromatic heterocycles. The molecule has 0 amide bonds. The van der Waals surface area contributed by atoms with E-state index in [9.17, 15) is 5.11 Å². The van der Waals surface area contributed by atoms with Crippen LogP contribution in [0.25, 0.3) is 0 Å². The minimum absolute atomic E-state index is 0.0944. The van der Waals surface area contributed by atoms with Crippen molar-refractivity contribution in [3.05, 3.63) is 39.4 Å². The van der Waals surface area contributed by atoms with E-state index in [-0.39, 0.29) is 11.7 Å². The van der Waals surface area contributed by atoms with Crippen LogP contribution in [0.15, 0.2) is 12.1 Å². The van der Waals surface area contributed by atoms with Crippen molar-refractivity contribution in [1.29, 1.82) is 0 Å². The van der Waals surface area contributed by atoms with Gasteiger partial charge in [-0.15, -0.1) is 10.2 Å². The standard InChI is InChI=1S/C19H22Cl2N4O/c20-14-3-4-15(26)17(18(14)21)12-9-16-22-23-19(25(16)10-12)11-5-7-24(8-6-11)13-1-2-13/h3-4,11-13,26H,1-2,5-10H2. The Kier molecular flexibility index (Phi) is 4.14. The van der Waals surface area contributed by atoms with Crippen LogP contribution in [-0.4, -0.2) is 43.9 Å². The van der Waals surface area contributed by atoms with Crippen LogP contribution in [0, 0.1) is 0 Å². The third-order valence-electron chi connectivity index (χ3n) is 6.16. The Labute approximate surface area is 162 Å². The van der Waals surface area contributed by atoms with Gasteiger partial charge in [-0.2, -0.15) is 0 Å². The fraction of sp³-hybridized carbons (Fsp3) is 0.579. The normalized spacial score (nSPS) is 24.2. The Morgan fingerprint density at radius 3 is 2.50 bits per heavy atom. The fourth-order valence-corrected chi connectivity index (χ4v) is 5.09. The van der Waals surface area contributed by atoms with Gasteiger partial charge in [0.2, 0.25) is 0 Å². The molecule has 3 aliphatic rings. The first-order valence-corrected chi connectivity index (χ1v) is 10.2. The van der Waals surface area contributed by atoms with E-state index >= 15 is 0 Å². The average molecular weight is 393 g/mol. The number of rotatable bonds is 3. The number of phenols is 1. The molecule has 26 heavy (non-hydrogen) atoms. The van der Waals surface area contributed by atoms with E-state index in [0.717, 1.165) is 49.1 Å². The second kappa shape index (κ2) is 6.39. The summed E-state index contributed by atoms with van der Waals surface area (Å²) in [6.07, 6.45) is 5.79. The molecular formula is C19H22Cl2N4O. The zero-order valence-electron chi connectivity index (χ0n) is 14.5. The number of benzene rings is 1. The molecule has 1 N–H and O–H groups in total. The molecule has 7 heteroatoms. The van der Waals surface area contributed by atoms with E-state index in [0.29, 0.717) is 16.0 Å². The van der Waals surface area contributed by atoms with Gasteiger partial charge in [-0.25, -0.2) is 0 Å². The Balaban J connectivity index is 1.36. The molecule has 1 saturated heterocycles. The number of piperidine rings is 1. The predicted octanol–water partition coefficient (Wildman–Crippen LogP) is 3.97. The molecule has 0 spiro atoms. The molecule has 1 aromatic carbocycles. The summed E-state index contributed by atoms with van der Waals surface area (Å²) in [5, 5.41) is 20.2. The lowest BCUT2D eigenvalue weighted by atomic mass is 9.95. The van der Waals surface area contributed by atoms with Crippen molar-refractivity contribution in [3.8, 4) is 5.75 Å². The summed E-state index contributed by atoms with van der Waals surface area (Å²) in [6, 6.07) is 4.10. The van der Waals surface area contributed by atoms with Crippen LogP contribution in [0.4, 0.5) is 0 Å². The fourth-order valence-electron chi connectivity index (χ4n) is 4.61. The third kappa shape index (κ3) is 2.81. The zero-order chi connectivity index (χ0) is 17.8. The molecule has 3 heterocycles. The average Bonchev–Trinajstić information content (AvgIpc) is 3.30. The summed E-state index contributed by atoms with van der Waals surface area (Å²) in [4.78, 5) is 2.63. The molecule has 0 radical (unpaired) electrons. The number of halogens is 2. The number of phenolic OH excluding ortho intramolecular Hbond substituents is 1. The highest BCUT2D eigenvalue weighted by Crippen LogP contribution is 2.43. The monoisotopic (exact) mass is 392 g/mol.